The predicted octanol–water partition coefficient (Wildman–Crippen LogP) is 3.71. The average molecular weight is 216 g/mol. The van der Waals surface area contributed by atoms with E-state index in [0.29, 0.717) is 0 Å². The minimum Gasteiger partial charge on any atom is -0.110 e. The second-order valence-electron chi connectivity index (χ2n) is 3.85. The zero-order valence-electron chi connectivity index (χ0n) is 10.3. The van der Waals surface area contributed by atoms with Crippen LogP contribution in [0.4, 0.5) is 0 Å². The van der Waals surface area contributed by atoms with Crippen molar-refractivity contribution in [2.75, 3.05) is 0 Å². The Morgan fingerprint density at radius 3 is 1.47 bits per heavy atom. The lowest BCUT2D eigenvalue weighted by Crippen LogP contribution is -2.29. The first kappa shape index (κ1) is 13.8. The summed E-state index contributed by atoms with van der Waals surface area (Å²) < 4.78 is 0. The summed E-state index contributed by atoms with van der Waals surface area (Å²) in [5.41, 5.74) is 8.57. The Hall–Kier alpha value is -1.18. The van der Waals surface area contributed by atoms with Crippen molar-refractivity contribution >= 4 is 8.07 Å². The highest BCUT2D eigenvalue weighted by Crippen LogP contribution is 2.13. The lowest BCUT2D eigenvalue weighted by atomic mass is 10.4. The summed E-state index contributed by atoms with van der Waals surface area (Å²) in [5, 5.41) is 0. The molecule has 0 spiro atoms. The molecule has 0 heterocycles. The van der Waals surface area contributed by atoms with Gasteiger partial charge in [-0.2, -0.15) is 0 Å². The van der Waals surface area contributed by atoms with Crippen LogP contribution >= 0.6 is 0 Å². The van der Waals surface area contributed by atoms with Crippen LogP contribution in [0.3, 0.4) is 0 Å². The van der Waals surface area contributed by atoms with Crippen molar-refractivity contribution in [3.8, 4) is 22.9 Å². The molecule has 0 atom stereocenters. The van der Waals surface area contributed by atoms with Crippen LogP contribution < -0.4 is 0 Å². The van der Waals surface area contributed by atoms with Crippen molar-refractivity contribution < 1.29 is 0 Å². The molecule has 0 saturated carbocycles. The van der Waals surface area contributed by atoms with Crippen molar-refractivity contribution in [1.82, 2.24) is 0 Å². The van der Waals surface area contributed by atoms with Crippen LogP contribution in [-0.4, -0.2) is 8.07 Å². The van der Waals surface area contributed by atoms with Crippen LogP contribution in [0.1, 0.15) is 27.7 Å². The largest absolute Gasteiger partial charge is 0.217 e. The quantitative estimate of drug-likeness (QED) is 0.487. The lowest BCUT2D eigenvalue weighted by Gasteiger charge is -2.14. The van der Waals surface area contributed by atoms with Gasteiger partial charge in [-0.1, -0.05) is 38.8 Å². The fourth-order valence-corrected chi connectivity index (χ4v) is 3.26. The van der Waals surface area contributed by atoms with E-state index < -0.39 is 8.07 Å². The summed E-state index contributed by atoms with van der Waals surface area (Å²) >= 11 is 0. The fourth-order valence-electron chi connectivity index (χ4n) is 1.09. The van der Waals surface area contributed by atoms with Crippen molar-refractivity contribution in [3.05, 3.63) is 24.3 Å². The highest BCUT2D eigenvalue weighted by molar-refractivity contribution is 6.94. The molecule has 0 aliphatic rings. The molecule has 0 aromatic carbocycles. The molecule has 0 aromatic heterocycles. The SMILES string of the molecule is C=C(C)C#C[Si](C#CC(=C)C)(CC)CC. The zero-order valence-corrected chi connectivity index (χ0v) is 11.3. The molecular weight excluding hydrogens is 196 g/mol. The van der Waals surface area contributed by atoms with Gasteiger partial charge in [0.05, 0.1) is 0 Å². The summed E-state index contributed by atoms with van der Waals surface area (Å²) in [6, 6.07) is 2.15. The minimum atomic E-state index is -1.71. The molecule has 0 amide bonds. The summed E-state index contributed by atoms with van der Waals surface area (Å²) in [7, 11) is -1.71. The van der Waals surface area contributed by atoms with Gasteiger partial charge in [0.2, 0.25) is 8.07 Å². The van der Waals surface area contributed by atoms with Crippen molar-refractivity contribution in [2.24, 2.45) is 0 Å². The molecule has 80 valence electrons. The molecule has 15 heavy (non-hydrogen) atoms. The van der Waals surface area contributed by atoms with Gasteiger partial charge in [0, 0.05) is 0 Å². The molecule has 1 heteroatoms. The molecule has 0 aromatic rings. The van der Waals surface area contributed by atoms with Crippen LogP contribution in [-0.2, 0) is 0 Å². The van der Waals surface area contributed by atoms with Gasteiger partial charge < -0.3 is 0 Å². The van der Waals surface area contributed by atoms with E-state index in [0.717, 1.165) is 23.2 Å². The maximum absolute atomic E-state index is 3.80. The second-order valence-corrected chi connectivity index (χ2v) is 7.93. The predicted molar refractivity (Wildman–Crippen MR) is 71.9 cm³/mol. The van der Waals surface area contributed by atoms with Crippen molar-refractivity contribution in [3.63, 3.8) is 0 Å². The molecule has 0 rings (SSSR count). The Kier molecular flexibility index (Phi) is 5.83. The fraction of sp³-hybridized carbons (Fsp3) is 0.429. The number of allylic oxidation sites excluding steroid dienone is 2. The molecule has 0 fully saturated rings. The van der Waals surface area contributed by atoms with Crippen LogP contribution in [0.2, 0.25) is 12.1 Å². The van der Waals surface area contributed by atoms with Gasteiger partial charge in [-0.25, -0.2) is 0 Å². The van der Waals surface area contributed by atoms with Gasteiger partial charge in [0.1, 0.15) is 0 Å². The van der Waals surface area contributed by atoms with Gasteiger partial charge in [0.25, 0.3) is 0 Å². The second kappa shape index (κ2) is 6.33. The molecule has 0 radical (unpaired) electrons. The monoisotopic (exact) mass is 216 g/mol. The molecule has 0 nitrogen and oxygen atoms in total. The Balaban J connectivity index is 5.11. The van der Waals surface area contributed by atoms with Crippen LogP contribution in [0.15, 0.2) is 24.3 Å². The van der Waals surface area contributed by atoms with Gasteiger partial charge in [0.15, 0.2) is 0 Å². The van der Waals surface area contributed by atoms with Gasteiger partial charge >= 0.3 is 0 Å². The molecule has 0 saturated heterocycles. The first-order valence-electron chi connectivity index (χ1n) is 5.33. The van der Waals surface area contributed by atoms with Gasteiger partial charge in [-0.05, 0) is 37.1 Å². The molecule has 0 aliphatic carbocycles. The van der Waals surface area contributed by atoms with Crippen molar-refractivity contribution in [1.29, 1.82) is 0 Å². The third-order valence-corrected chi connectivity index (χ3v) is 5.86. The summed E-state index contributed by atoms with van der Waals surface area (Å²) in [4.78, 5) is 0. The maximum Gasteiger partial charge on any atom is 0.217 e. The van der Waals surface area contributed by atoms with E-state index in [1.807, 2.05) is 13.8 Å². The molecule has 0 N–H and O–H groups in total. The van der Waals surface area contributed by atoms with E-state index in [4.69, 9.17) is 0 Å². The van der Waals surface area contributed by atoms with Crippen LogP contribution in [0.5, 0.6) is 0 Å². The third-order valence-electron chi connectivity index (χ3n) is 2.24. The lowest BCUT2D eigenvalue weighted by molar-refractivity contribution is 1.31. The first-order chi connectivity index (χ1) is 6.95. The zero-order chi connectivity index (χ0) is 11.9. The van der Waals surface area contributed by atoms with E-state index in [1.165, 1.54) is 0 Å². The highest BCUT2D eigenvalue weighted by Gasteiger charge is 2.24. The van der Waals surface area contributed by atoms with Crippen molar-refractivity contribution in [2.45, 2.75) is 39.8 Å². The van der Waals surface area contributed by atoms with Crippen LogP contribution in [0, 0.1) is 22.9 Å². The van der Waals surface area contributed by atoms with E-state index in [1.54, 1.807) is 0 Å². The smallest absolute Gasteiger partial charge is 0.110 e. The maximum atomic E-state index is 3.80. The van der Waals surface area contributed by atoms with E-state index in [2.05, 4.69) is 49.9 Å². The van der Waals surface area contributed by atoms with Crippen LogP contribution in [0.25, 0.3) is 0 Å². The standard InChI is InChI=1S/C14H20Si/c1-7-15(8-2,11-9-13(3)4)12-10-14(5)6/h3,5,7-8H2,1-2,4,6H3. The Morgan fingerprint density at radius 2 is 1.27 bits per heavy atom. The Bertz CT molecular complexity index is 328. The van der Waals surface area contributed by atoms with Gasteiger partial charge in [-0.15, -0.1) is 11.1 Å². The van der Waals surface area contributed by atoms with E-state index >= 15 is 0 Å². The molecule has 0 aliphatic heterocycles. The highest BCUT2D eigenvalue weighted by atomic mass is 28.3. The number of hydrogen-bond donors (Lipinski definition) is 0. The number of rotatable bonds is 2. The Morgan fingerprint density at radius 1 is 0.933 bits per heavy atom. The molecule has 0 bridgehead atoms. The molecular formula is C14H20Si. The Labute approximate surface area is 95.5 Å². The average Bonchev–Trinajstić information content (AvgIpc) is 2.19. The van der Waals surface area contributed by atoms with Gasteiger partial charge in [-0.3, -0.25) is 0 Å². The summed E-state index contributed by atoms with van der Waals surface area (Å²) in [6.07, 6.45) is 0. The van der Waals surface area contributed by atoms with E-state index in [9.17, 15) is 0 Å². The topological polar surface area (TPSA) is 0 Å². The first-order valence-corrected chi connectivity index (χ1v) is 7.74. The number of hydrogen-bond acceptors (Lipinski definition) is 0. The third kappa shape index (κ3) is 5.30. The minimum absolute atomic E-state index is 0.922. The molecule has 0 unspecified atom stereocenters. The summed E-state index contributed by atoms with van der Waals surface area (Å²) in [5.74, 6) is 6.19. The van der Waals surface area contributed by atoms with E-state index in [-0.39, 0.29) is 0 Å². The summed E-state index contributed by atoms with van der Waals surface area (Å²) in [6.45, 7) is 15.8. The normalized spacial score (nSPS) is 9.33.